The second kappa shape index (κ2) is 6.47. The Balaban J connectivity index is 1.82. The van der Waals surface area contributed by atoms with Gasteiger partial charge >= 0.3 is 6.18 Å². The van der Waals surface area contributed by atoms with Crippen LogP contribution in [0, 0.1) is 0 Å². The van der Waals surface area contributed by atoms with Crippen molar-refractivity contribution in [3.63, 3.8) is 0 Å². The van der Waals surface area contributed by atoms with Gasteiger partial charge in [-0.3, -0.25) is 14.2 Å². The van der Waals surface area contributed by atoms with Crippen LogP contribution in [0.1, 0.15) is 48.8 Å². The van der Waals surface area contributed by atoms with E-state index >= 15 is 0 Å². The summed E-state index contributed by atoms with van der Waals surface area (Å²) in [5.74, 6) is -0.392. The molecule has 25 heavy (non-hydrogen) atoms. The number of aromatic nitrogens is 4. The van der Waals surface area contributed by atoms with Crippen LogP contribution in [-0.2, 0) is 24.6 Å². The van der Waals surface area contributed by atoms with Crippen molar-refractivity contribution in [3.05, 3.63) is 33.8 Å². The standard InChI is InChI=1S/C15H17BrF3N5O/c1-8(14(25)20-7-10-5-6-21-23(10)2)24-12(9-3-4-9)11(16)13(22-24)15(17,18)19/h5-6,8-9H,3-4,7H2,1-2H3,(H,20,25). The highest BCUT2D eigenvalue weighted by atomic mass is 79.9. The minimum absolute atomic E-state index is 0.00491. The van der Waals surface area contributed by atoms with Crippen molar-refractivity contribution in [2.75, 3.05) is 0 Å². The molecule has 0 spiro atoms. The Labute approximate surface area is 150 Å². The summed E-state index contributed by atoms with van der Waals surface area (Å²) in [7, 11) is 1.75. The molecule has 0 saturated heterocycles. The summed E-state index contributed by atoms with van der Waals surface area (Å²) in [6, 6.07) is 0.906. The Morgan fingerprint density at radius 3 is 2.68 bits per heavy atom. The second-order valence-electron chi connectivity index (χ2n) is 6.10. The van der Waals surface area contributed by atoms with Crippen LogP contribution in [0.2, 0.25) is 0 Å². The molecule has 1 fully saturated rings. The maximum Gasteiger partial charge on any atom is 0.436 e. The van der Waals surface area contributed by atoms with E-state index in [0.29, 0.717) is 5.69 Å². The second-order valence-corrected chi connectivity index (χ2v) is 6.90. The maximum atomic E-state index is 13.2. The molecule has 3 rings (SSSR count). The van der Waals surface area contributed by atoms with E-state index in [9.17, 15) is 18.0 Å². The van der Waals surface area contributed by atoms with Gasteiger partial charge in [-0.1, -0.05) is 0 Å². The lowest BCUT2D eigenvalue weighted by Crippen LogP contribution is -2.32. The number of hydrogen-bond donors (Lipinski definition) is 1. The first-order chi connectivity index (χ1) is 11.7. The fourth-order valence-corrected chi connectivity index (χ4v) is 3.45. The van der Waals surface area contributed by atoms with Gasteiger partial charge in [0.05, 0.1) is 22.4 Å². The van der Waals surface area contributed by atoms with Crippen LogP contribution in [-0.4, -0.2) is 25.5 Å². The van der Waals surface area contributed by atoms with Gasteiger partial charge in [0.2, 0.25) is 5.91 Å². The fraction of sp³-hybridized carbons (Fsp3) is 0.533. The first-order valence-electron chi connectivity index (χ1n) is 7.79. The van der Waals surface area contributed by atoms with E-state index in [4.69, 9.17) is 0 Å². The molecule has 0 aromatic carbocycles. The summed E-state index contributed by atoms with van der Waals surface area (Å²) in [6.45, 7) is 1.79. The van der Waals surface area contributed by atoms with E-state index in [2.05, 4.69) is 31.4 Å². The van der Waals surface area contributed by atoms with Crippen molar-refractivity contribution in [1.29, 1.82) is 0 Å². The van der Waals surface area contributed by atoms with E-state index in [1.54, 1.807) is 30.9 Å². The lowest BCUT2D eigenvalue weighted by molar-refractivity contribution is -0.142. The molecule has 1 aliphatic rings. The van der Waals surface area contributed by atoms with E-state index in [0.717, 1.165) is 18.5 Å². The average molecular weight is 420 g/mol. The number of halogens is 4. The number of nitrogens with zero attached hydrogens (tertiary/aromatic N) is 4. The van der Waals surface area contributed by atoms with Gasteiger partial charge in [0.25, 0.3) is 0 Å². The lowest BCUT2D eigenvalue weighted by atomic mass is 10.2. The van der Waals surface area contributed by atoms with Crippen molar-refractivity contribution in [2.45, 2.75) is 44.4 Å². The summed E-state index contributed by atoms with van der Waals surface area (Å²) >= 11 is 3.03. The smallest absolute Gasteiger partial charge is 0.349 e. The van der Waals surface area contributed by atoms with Crippen molar-refractivity contribution in [3.8, 4) is 0 Å². The zero-order chi connectivity index (χ0) is 18.4. The van der Waals surface area contributed by atoms with Crippen molar-refractivity contribution in [1.82, 2.24) is 24.9 Å². The van der Waals surface area contributed by atoms with E-state index in [1.165, 1.54) is 4.68 Å². The Morgan fingerprint density at radius 1 is 1.48 bits per heavy atom. The molecule has 2 heterocycles. The molecule has 2 aromatic heterocycles. The van der Waals surface area contributed by atoms with Gasteiger partial charge in [0.1, 0.15) is 6.04 Å². The Hall–Kier alpha value is -1.84. The van der Waals surface area contributed by atoms with Gasteiger partial charge in [0, 0.05) is 19.2 Å². The first kappa shape index (κ1) is 18.0. The monoisotopic (exact) mass is 419 g/mol. The van der Waals surface area contributed by atoms with Gasteiger partial charge in [-0.05, 0) is 41.8 Å². The number of carbonyl (C=O) groups excluding carboxylic acids is 1. The third-order valence-electron chi connectivity index (χ3n) is 4.23. The van der Waals surface area contributed by atoms with Gasteiger partial charge in [-0.15, -0.1) is 0 Å². The number of amides is 1. The summed E-state index contributed by atoms with van der Waals surface area (Å²) in [4.78, 5) is 12.4. The highest BCUT2D eigenvalue weighted by Gasteiger charge is 2.42. The first-order valence-corrected chi connectivity index (χ1v) is 8.59. The Kier molecular flexibility index (Phi) is 4.65. The maximum absolute atomic E-state index is 13.2. The highest BCUT2D eigenvalue weighted by molar-refractivity contribution is 9.10. The normalized spacial score (nSPS) is 16.1. The minimum atomic E-state index is -4.57. The number of hydrogen-bond acceptors (Lipinski definition) is 3. The van der Waals surface area contributed by atoms with Gasteiger partial charge in [-0.2, -0.15) is 23.4 Å². The molecule has 10 heteroatoms. The number of aryl methyl sites for hydroxylation is 1. The number of nitrogens with one attached hydrogen (secondary N) is 1. The molecule has 1 N–H and O–H groups in total. The van der Waals surface area contributed by atoms with Crippen LogP contribution < -0.4 is 5.32 Å². The summed E-state index contributed by atoms with van der Waals surface area (Å²) in [5, 5.41) is 10.4. The molecule has 136 valence electrons. The Morgan fingerprint density at radius 2 is 2.16 bits per heavy atom. The molecular formula is C15H17BrF3N5O. The largest absolute Gasteiger partial charge is 0.436 e. The van der Waals surface area contributed by atoms with Gasteiger partial charge in [-0.25, -0.2) is 0 Å². The van der Waals surface area contributed by atoms with Crippen molar-refractivity contribution in [2.24, 2.45) is 7.05 Å². The Bertz CT molecular complexity index is 794. The van der Waals surface area contributed by atoms with Gasteiger partial charge in [0.15, 0.2) is 5.69 Å². The van der Waals surface area contributed by atoms with Crippen LogP contribution >= 0.6 is 15.9 Å². The zero-order valence-electron chi connectivity index (χ0n) is 13.6. The lowest BCUT2D eigenvalue weighted by Gasteiger charge is -2.16. The molecule has 0 radical (unpaired) electrons. The van der Waals surface area contributed by atoms with Crippen LogP contribution in [0.4, 0.5) is 13.2 Å². The molecule has 1 amide bonds. The van der Waals surface area contributed by atoms with Crippen LogP contribution in [0.15, 0.2) is 16.7 Å². The SMILES string of the molecule is CC(C(=O)NCc1ccnn1C)n1nc(C(F)(F)F)c(Br)c1C1CC1. The third kappa shape index (κ3) is 3.58. The zero-order valence-corrected chi connectivity index (χ0v) is 15.2. The summed E-state index contributed by atoms with van der Waals surface area (Å²) < 4.78 is 42.2. The van der Waals surface area contributed by atoms with Crippen LogP contribution in [0.3, 0.4) is 0 Å². The predicted octanol–water partition coefficient (Wildman–Crippen LogP) is 3.15. The topological polar surface area (TPSA) is 64.7 Å². The fourth-order valence-electron chi connectivity index (χ4n) is 2.64. The highest BCUT2D eigenvalue weighted by Crippen LogP contribution is 2.47. The van der Waals surface area contributed by atoms with Crippen molar-refractivity contribution < 1.29 is 18.0 Å². The summed E-state index contributed by atoms with van der Waals surface area (Å²) in [5.41, 5.74) is 0.247. The molecule has 0 bridgehead atoms. The minimum Gasteiger partial charge on any atom is -0.349 e. The number of alkyl halides is 3. The molecule has 1 saturated carbocycles. The van der Waals surface area contributed by atoms with Crippen LogP contribution in [0.25, 0.3) is 0 Å². The summed E-state index contributed by atoms with van der Waals surface area (Å²) in [6.07, 6.45) is -1.37. The van der Waals surface area contributed by atoms with Crippen molar-refractivity contribution >= 4 is 21.8 Å². The molecule has 1 atom stereocenters. The van der Waals surface area contributed by atoms with E-state index in [-0.39, 0.29) is 16.9 Å². The van der Waals surface area contributed by atoms with Crippen LogP contribution in [0.5, 0.6) is 0 Å². The molecule has 0 aliphatic heterocycles. The average Bonchev–Trinajstić information content (AvgIpc) is 3.18. The predicted molar refractivity (Wildman–Crippen MR) is 86.7 cm³/mol. The number of rotatable bonds is 5. The molecule has 1 aliphatic carbocycles. The molecular weight excluding hydrogens is 403 g/mol. The third-order valence-corrected chi connectivity index (χ3v) is 5.01. The molecule has 6 nitrogen and oxygen atoms in total. The molecule has 2 aromatic rings. The molecule has 1 unspecified atom stereocenters. The van der Waals surface area contributed by atoms with E-state index in [1.807, 2.05) is 0 Å². The quantitative estimate of drug-likeness (QED) is 0.809. The van der Waals surface area contributed by atoms with Gasteiger partial charge < -0.3 is 5.32 Å². The number of carbonyl (C=O) groups is 1. The van der Waals surface area contributed by atoms with E-state index < -0.39 is 23.8 Å².